The molecule has 0 atom stereocenters. The predicted molar refractivity (Wildman–Crippen MR) is 66.7 cm³/mol. The Bertz CT molecular complexity index is 670. The van der Waals surface area contributed by atoms with Gasteiger partial charge in [-0.25, -0.2) is 14.4 Å². The molecule has 1 aromatic carbocycles. The first-order valence-electron chi connectivity index (χ1n) is 5.88. The number of fused-ring (bicyclic) bond motifs is 1. The molecular formula is C13H13FN4. The molecule has 2 heterocycles. The van der Waals surface area contributed by atoms with E-state index in [2.05, 4.69) is 21.5 Å². The van der Waals surface area contributed by atoms with Gasteiger partial charge in [0.25, 0.3) is 0 Å². The molecule has 92 valence electrons. The molecule has 0 aliphatic rings. The monoisotopic (exact) mass is 244 g/mol. The summed E-state index contributed by atoms with van der Waals surface area (Å²) < 4.78 is 17.2. The van der Waals surface area contributed by atoms with Crippen LogP contribution in [0.15, 0.2) is 36.9 Å². The zero-order valence-corrected chi connectivity index (χ0v) is 10.0. The van der Waals surface area contributed by atoms with Gasteiger partial charge in [-0.05, 0) is 19.1 Å². The lowest BCUT2D eigenvalue weighted by molar-refractivity contribution is 0.629. The van der Waals surface area contributed by atoms with Crippen molar-refractivity contribution in [2.45, 2.75) is 20.0 Å². The summed E-state index contributed by atoms with van der Waals surface area (Å²) in [5.41, 5.74) is 1.67. The molecule has 0 N–H and O–H groups in total. The van der Waals surface area contributed by atoms with E-state index in [1.165, 1.54) is 12.1 Å². The summed E-state index contributed by atoms with van der Waals surface area (Å²) in [5.74, 6) is 0.661. The van der Waals surface area contributed by atoms with Gasteiger partial charge in [0.15, 0.2) is 0 Å². The van der Waals surface area contributed by atoms with Crippen LogP contribution in [0.4, 0.5) is 4.39 Å². The molecule has 0 spiro atoms. The molecule has 3 rings (SSSR count). The highest BCUT2D eigenvalue weighted by Crippen LogP contribution is 2.18. The van der Waals surface area contributed by atoms with E-state index in [-0.39, 0.29) is 5.82 Å². The zero-order chi connectivity index (χ0) is 12.5. The summed E-state index contributed by atoms with van der Waals surface area (Å²) in [5, 5.41) is 0. The molecule has 3 aromatic rings. The molecule has 18 heavy (non-hydrogen) atoms. The van der Waals surface area contributed by atoms with Crippen molar-refractivity contribution in [3.63, 3.8) is 0 Å². The molecule has 0 saturated heterocycles. The van der Waals surface area contributed by atoms with E-state index >= 15 is 0 Å². The molecular weight excluding hydrogens is 231 g/mol. The number of halogens is 1. The van der Waals surface area contributed by atoms with Crippen molar-refractivity contribution in [2.75, 3.05) is 0 Å². The number of hydrogen-bond acceptors (Lipinski definition) is 2. The quantitative estimate of drug-likeness (QED) is 0.709. The lowest BCUT2D eigenvalue weighted by atomic mass is 10.3. The maximum absolute atomic E-state index is 13.2. The number of aryl methyl sites for hydroxylation is 1. The Kier molecular flexibility index (Phi) is 2.59. The van der Waals surface area contributed by atoms with Gasteiger partial charge in [-0.1, -0.05) is 0 Å². The Morgan fingerprint density at radius 1 is 1.33 bits per heavy atom. The summed E-state index contributed by atoms with van der Waals surface area (Å²) >= 11 is 0. The molecule has 0 saturated carbocycles. The average Bonchev–Trinajstić information content (AvgIpc) is 2.96. The van der Waals surface area contributed by atoms with E-state index in [0.29, 0.717) is 12.1 Å². The van der Waals surface area contributed by atoms with Gasteiger partial charge in [0.2, 0.25) is 0 Å². The van der Waals surface area contributed by atoms with E-state index in [9.17, 15) is 4.39 Å². The molecule has 2 aromatic heterocycles. The number of imidazole rings is 2. The van der Waals surface area contributed by atoms with E-state index in [1.807, 2.05) is 10.8 Å². The molecule has 4 nitrogen and oxygen atoms in total. The summed E-state index contributed by atoms with van der Waals surface area (Å²) in [6.45, 7) is 3.51. The van der Waals surface area contributed by atoms with Crippen LogP contribution in [0.2, 0.25) is 0 Å². The van der Waals surface area contributed by atoms with E-state index in [4.69, 9.17) is 0 Å². The number of rotatable bonds is 3. The van der Waals surface area contributed by atoms with Crippen LogP contribution < -0.4 is 0 Å². The minimum absolute atomic E-state index is 0.252. The van der Waals surface area contributed by atoms with Crippen LogP contribution in [0.25, 0.3) is 11.0 Å². The molecule has 0 unspecified atom stereocenters. The SMILES string of the molecule is CCn1c(Cn2ccnc2)nc2cc(F)ccc21. The van der Waals surface area contributed by atoms with Crippen molar-refractivity contribution in [1.29, 1.82) is 0 Å². The van der Waals surface area contributed by atoms with Gasteiger partial charge in [-0.2, -0.15) is 0 Å². The molecule has 0 fully saturated rings. The van der Waals surface area contributed by atoms with Crippen LogP contribution in [0.5, 0.6) is 0 Å². The van der Waals surface area contributed by atoms with E-state index < -0.39 is 0 Å². The second-order valence-corrected chi connectivity index (χ2v) is 4.14. The fraction of sp³-hybridized carbons (Fsp3) is 0.231. The van der Waals surface area contributed by atoms with Crippen LogP contribution in [0.1, 0.15) is 12.7 Å². The second-order valence-electron chi connectivity index (χ2n) is 4.14. The van der Waals surface area contributed by atoms with Crippen LogP contribution in [0, 0.1) is 5.82 Å². The van der Waals surface area contributed by atoms with Crippen molar-refractivity contribution in [3.8, 4) is 0 Å². The summed E-state index contributed by atoms with van der Waals surface area (Å²) in [4.78, 5) is 8.50. The first-order chi connectivity index (χ1) is 8.78. The normalized spacial score (nSPS) is 11.2. The Hall–Kier alpha value is -2.17. The highest BCUT2D eigenvalue weighted by Gasteiger charge is 2.10. The topological polar surface area (TPSA) is 35.6 Å². The smallest absolute Gasteiger partial charge is 0.129 e. The van der Waals surface area contributed by atoms with Gasteiger partial charge in [-0.15, -0.1) is 0 Å². The fourth-order valence-electron chi connectivity index (χ4n) is 2.17. The summed E-state index contributed by atoms with van der Waals surface area (Å²) in [6.07, 6.45) is 5.37. The average molecular weight is 244 g/mol. The number of benzene rings is 1. The van der Waals surface area contributed by atoms with Crippen molar-refractivity contribution < 1.29 is 4.39 Å². The van der Waals surface area contributed by atoms with Gasteiger partial charge < -0.3 is 9.13 Å². The maximum Gasteiger partial charge on any atom is 0.129 e. The predicted octanol–water partition coefficient (Wildman–Crippen LogP) is 2.44. The number of hydrogen-bond donors (Lipinski definition) is 0. The molecule has 5 heteroatoms. The van der Waals surface area contributed by atoms with Gasteiger partial charge in [0.1, 0.15) is 11.6 Å². The standard InChI is InChI=1S/C13H13FN4/c1-2-18-12-4-3-10(14)7-11(12)16-13(18)8-17-6-5-15-9-17/h3-7,9H,2,8H2,1H3. The minimum atomic E-state index is -0.252. The highest BCUT2D eigenvalue weighted by atomic mass is 19.1. The van der Waals surface area contributed by atoms with E-state index in [1.54, 1.807) is 18.6 Å². The summed E-state index contributed by atoms with van der Waals surface area (Å²) in [7, 11) is 0. The van der Waals surface area contributed by atoms with Gasteiger partial charge in [0, 0.05) is 25.0 Å². The van der Waals surface area contributed by atoms with Crippen LogP contribution in [0.3, 0.4) is 0 Å². The lowest BCUT2D eigenvalue weighted by Crippen LogP contribution is -2.06. The Balaban J connectivity index is 2.10. The largest absolute Gasteiger partial charge is 0.330 e. The third-order valence-corrected chi connectivity index (χ3v) is 2.99. The minimum Gasteiger partial charge on any atom is -0.330 e. The lowest BCUT2D eigenvalue weighted by Gasteiger charge is -2.06. The number of nitrogens with zero attached hydrogens (tertiary/aromatic N) is 4. The van der Waals surface area contributed by atoms with Crippen LogP contribution in [-0.4, -0.2) is 19.1 Å². The third-order valence-electron chi connectivity index (χ3n) is 2.99. The van der Waals surface area contributed by atoms with Crippen molar-refractivity contribution in [3.05, 3.63) is 48.6 Å². The Morgan fingerprint density at radius 3 is 2.94 bits per heavy atom. The molecule has 0 aliphatic carbocycles. The first kappa shape index (κ1) is 11.0. The van der Waals surface area contributed by atoms with Crippen molar-refractivity contribution in [1.82, 2.24) is 19.1 Å². The van der Waals surface area contributed by atoms with E-state index in [0.717, 1.165) is 17.9 Å². The fourth-order valence-corrected chi connectivity index (χ4v) is 2.17. The summed E-state index contributed by atoms with van der Waals surface area (Å²) in [6, 6.07) is 4.72. The van der Waals surface area contributed by atoms with Crippen molar-refractivity contribution >= 4 is 11.0 Å². The van der Waals surface area contributed by atoms with Gasteiger partial charge >= 0.3 is 0 Å². The van der Waals surface area contributed by atoms with Crippen molar-refractivity contribution in [2.24, 2.45) is 0 Å². The second kappa shape index (κ2) is 4.25. The maximum atomic E-state index is 13.2. The Labute approximate surface area is 104 Å². The highest BCUT2D eigenvalue weighted by molar-refractivity contribution is 5.76. The molecule has 0 radical (unpaired) electrons. The Morgan fingerprint density at radius 2 is 2.22 bits per heavy atom. The van der Waals surface area contributed by atoms with Gasteiger partial charge in [-0.3, -0.25) is 0 Å². The first-order valence-corrected chi connectivity index (χ1v) is 5.88. The molecule has 0 amide bonds. The molecule has 0 aliphatic heterocycles. The third kappa shape index (κ3) is 1.77. The molecule has 0 bridgehead atoms. The van der Waals surface area contributed by atoms with Gasteiger partial charge in [0.05, 0.1) is 23.9 Å². The van der Waals surface area contributed by atoms with Crippen LogP contribution >= 0.6 is 0 Å². The number of aromatic nitrogens is 4. The van der Waals surface area contributed by atoms with Crippen LogP contribution in [-0.2, 0) is 13.1 Å². The zero-order valence-electron chi connectivity index (χ0n) is 10.0.